The van der Waals surface area contributed by atoms with Gasteiger partial charge >= 0.3 is 0 Å². The van der Waals surface area contributed by atoms with Gasteiger partial charge in [-0.05, 0) is 41.8 Å². The Bertz CT molecular complexity index is 1180. The van der Waals surface area contributed by atoms with Crippen LogP contribution in [0.1, 0.15) is 31.5 Å². The summed E-state index contributed by atoms with van der Waals surface area (Å²) in [5.41, 5.74) is 1.41. The number of amides is 1. The molecule has 3 aromatic rings. The number of aryl methyl sites for hydroxylation is 1. The van der Waals surface area contributed by atoms with E-state index in [9.17, 15) is 9.59 Å². The van der Waals surface area contributed by atoms with Gasteiger partial charge in [0, 0.05) is 24.9 Å². The summed E-state index contributed by atoms with van der Waals surface area (Å²) < 4.78 is 16.6. The summed E-state index contributed by atoms with van der Waals surface area (Å²) in [5, 5.41) is 11.0. The summed E-state index contributed by atoms with van der Waals surface area (Å²) in [6, 6.07) is 12.8. The van der Waals surface area contributed by atoms with Gasteiger partial charge < -0.3 is 24.5 Å². The average molecular weight is 467 g/mol. The molecule has 9 heteroatoms. The van der Waals surface area contributed by atoms with Gasteiger partial charge in [0.25, 0.3) is 5.56 Å². The fourth-order valence-corrected chi connectivity index (χ4v) is 3.15. The molecule has 3 rings (SSSR count). The van der Waals surface area contributed by atoms with E-state index >= 15 is 0 Å². The third-order valence-corrected chi connectivity index (χ3v) is 5.03. The monoisotopic (exact) mass is 466 g/mol. The Kier molecular flexibility index (Phi) is 8.61. The van der Waals surface area contributed by atoms with E-state index in [0.717, 1.165) is 11.3 Å². The second-order valence-electron chi connectivity index (χ2n) is 8.15. The molecule has 1 amide bonds. The molecule has 1 aromatic heterocycles. The van der Waals surface area contributed by atoms with Crippen molar-refractivity contribution in [1.82, 2.24) is 20.5 Å². The number of hydrogen-bond donors (Lipinski definition) is 2. The van der Waals surface area contributed by atoms with Crippen LogP contribution in [-0.4, -0.2) is 41.9 Å². The van der Waals surface area contributed by atoms with E-state index in [0.29, 0.717) is 42.0 Å². The molecular formula is C25H30N4O5. The Labute approximate surface area is 198 Å². The zero-order chi connectivity index (χ0) is 24.5. The Hall–Kier alpha value is -3.88. The molecule has 34 heavy (non-hydrogen) atoms. The first-order valence-electron chi connectivity index (χ1n) is 11.1. The van der Waals surface area contributed by atoms with E-state index in [1.807, 2.05) is 38.1 Å². The highest BCUT2D eigenvalue weighted by Crippen LogP contribution is 2.31. The minimum absolute atomic E-state index is 0.117. The predicted molar refractivity (Wildman–Crippen MR) is 128 cm³/mol. The normalized spacial score (nSPS) is 10.7. The number of H-pyrrole nitrogens is 1. The Morgan fingerprint density at radius 1 is 1.06 bits per heavy atom. The smallest absolute Gasteiger partial charge is 0.273 e. The van der Waals surface area contributed by atoms with Crippen LogP contribution < -0.4 is 25.1 Å². The number of aromatic nitrogens is 3. The maximum absolute atomic E-state index is 12.5. The van der Waals surface area contributed by atoms with E-state index in [2.05, 4.69) is 20.5 Å². The molecule has 2 N–H and O–H groups in total. The van der Waals surface area contributed by atoms with Crippen LogP contribution in [-0.2, 0) is 17.8 Å². The number of methoxy groups -OCH3 is 2. The molecule has 2 aromatic carbocycles. The molecule has 9 nitrogen and oxygen atoms in total. The first-order chi connectivity index (χ1) is 16.4. The molecule has 0 saturated carbocycles. The molecule has 1 heterocycles. The predicted octanol–water partition coefficient (Wildman–Crippen LogP) is 3.13. The van der Waals surface area contributed by atoms with Gasteiger partial charge in [0.05, 0.1) is 14.2 Å². The number of ether oxygens (including phenoxy) is 3. The molecule has 0 atom stereocenters. The first-order valence-corrected chi connectivity index (χ1v) is 11.1. The van der Waals surface area contributed by atoms with Gasteiger partial charge in [-0.15, -0.1) is 10.2 Å². The van der Waals surface area contributed by atoms with Gasteiger partial charge in [-0.25, -0.2) is 0 Å². The van der Waals surface area contributed by atoms with Gasteiger partial charge in [-0.1, -0.05) is 26.0 Å². The summed E-state index contributed by atoms with van der Waals surface area (Å²) in [7, 11) is 3.16. The van der Waals surface area contributed by atoms with Crippen LogP contribution in [0.4, 0.5) is 0 Å². The van der Waals surface area contributed by atoms with Crippen molar-refractivity contribution >= 4 is 5.91 Å². The molecule has 0 fully saturated rings. The fourth-order valence-electron chi connectivity index (χ4n) is 3.15. The quantitative estimate of drug-likeness (QED) is 0.446. The van der Waals surface area contributed by atoms with Crippen molar-refractivity contribution in [3.8, 4) is 28.6 Å². The first kappa shape index (κ1) is 24.8. The number of aromatic amines is 1. The Morgan fingerprint density at radius 3 is 2.59 bits per heavy atom. The topological polar surface area (TPSA) is 115 Å². The van der Waals surface area contributed by atoms with Crippen LogP contribution in [0.25, 0.3) is 11.4 Å². The second-order valence-corrected chi connectivity index (χ2v) is 8.15. The number of hydrogen-bond acceptors (Lipinski definition) is 7. The van der Waals surface area contributed by atoms with Crippen LogP contribution >= 0.6 is 0 Å². The number of nitrogens with zero attached hydrogens (tertiary/aromatic N) is 2. The minimum Gasteiger partial charge on any atom is -0.497 e. The maximum Gasteiger partial charge on any atom is 0.273 e. The molecule has 0 saturated heterocycles. The number of benzene rings is 2. The zero-order valence-electron chi connectivity index (χ0n) is 19.9. The summed E-state index contributed by atoms with van der Waals surface area (Å²) in [6.45, 7) is 4.97. The summed E-state index contributed by atoms with van der Waals surface area (Å²) in [6.07, 6.45) is 0.393. The lowest BCUT2D eigenvalue weighted by atomic mass is 10.1. The van der Waals surface area contributed by atoms with E-state index in [-0.39, 0.29) is 30.0 Å². The lowest BCUT2D eigenvalue weighted by Gasteiger charge is -2.12. The van der Waals surface area contributed by atoms with E-state index in [4.69, 9.17) is 14.2 Å². The van der Waals surface area contributed by atoms with Crippen LogP contribution in [0.15, 0.2) is 47.3 Å². The van der Waals surface area contributed by atoms with Gasteiger partial charge in [-0.2, -0.15) is 0 Å². The third-order valence-electron chi connectivity index (χ3n) is 5.03. The summed E-state index contributed by atoms with van der Waals surface area (Å²) in [5.74, 6) is 2.35. The Morgan fingerprint density at radius 2 is 1.88 bits per heavy atom. The molecule has 0 radical (unpaired) electrons. The number of nitrogens with one attached hydrogen (secondary N) is 2. The van der Waals surface area contributed by atoms with Crippen molar-refractivity contribution in [2.24, 2.45) is 5.92 Å². The van der Waals surface area contributed by atoms with Crippen molar-refractivity contribution < 1.29 is 19.0 Å². The average Bonchev–Trinajstić information content (AvgIpc) is 2.85. The van der Waals surface area contributed by atoms with Crippen LogP contribution in [0.5, 0.6) is 17.2 Å². The number of rotatable bonds is 11. The Balaban J connectivity index is 1.67. The highest BCUT2D eigenvalue weighted by atomic mass is 16.5. The number of carbonyl (C=O) groups is 1. The van der Waals surface area contributed by atoms with Crippen LogP contribution in [0, 0.1) is 5.92 Å². The molecule has 180 valence electrons. The minimum atomic E-state index is -0.376. The maximum atomic E-state index is 12.5. The van der Waals surface area contributed by atoms with Gasteiger partial charge in [0.2, 0.25) is 5.91 Å². The lowest BCUT2D eigenvalue weighted by Crippen LogP contribution is -2.28. The lowest BCUT2D eigenvalue weighted by molar-refractivity contribution is -0.121. The standard InChI is InChI=1S/C25H30N4O5/c1-16(2)14-26-23(30)11-9-20-25(31)27-24(29-28-20)18-8-10-21(22(13-18)33-4)34-15-17-6-5-7-19(12-17)32-3/h5-8,10,12-13,16H,9,11,14-15H2,1-4H3,(H,26,30)(H,27,29,31). The second kappa shape index (κ2) is 11.8. The van der Waals surface area contributed by atoms with Crippen molar-refractivity contribution in [2.45, 2.75) is 33.3 Å². The van der Waals surface area contributed by atoms with E-state index in [1.165, 1.54) is 0 Å². The van der Waals surface area contributed by atoms with Crippen LogP contribution in [0.3, 0.4) is 0 Å². The molecule has 0 bridgehead atoms. The van der Waals surface area contributed by atoms with Crippen molar-refractivity contribution in [2.75, 3.05) is 20.8 Å². The van der Waals surface area contributed by atoms with E-state index < -0.39 is 0 Å². The number of carbonyl (C=O) groups excluding carboxylic acids is 1. The van der Waals surface area contributed by atoms with Crippen molar-refractivity contribution in [1.29, 1.82) is 0 Å². The fraction of sp³-hybridized carbons (Fsp3) is 0.360. The van der Waals surface area contributed by atoms with Gasteiger partial charge in [0.15, 0.2) is 17.3 Å². The largest absolute Gasteiger partial charge is 0.497 e. The highest BCUT2D eigenvalue weighted by Gasteiger charge is 2.13. The molecule has 0 aliphatic rings. The zero-order valence-corrected chi connectivity index (χ0v) is 19.9. The molecule has 0 spiro atoms. The molecule has 0 unspecified atom stereocenters. The van der Waals surface area contributed by atoms with E-state index in [1.54, 1.807) is 32.4 Å². The summed E-state index contributed by atoms with van der Waals surface area (Å²) in [4.78, 5) is 27.1. The third kappa shape index (κ3) is 6.81. The molecule has 0 aliphatic heterocycles. The van der Waals surface area contributed by atoms with Crippen LogP contribution in [0.2, 0.25) is 0 Å². The van der Waals surface area contributed by atoms with Crippen molar-refractivity contribution in [3.63, 3.8) is 0 Å². The molecular weight excluding hydrogens is 436 g/mol. The SMILES string of the molecule is COc1cccc(COc2ccc(-c3nnc(CCC(=O)NCC(C)C)c(=O)[nH]3)cc2OC)c1. The molecule has 0 aliphatic carbocycles. The highest BCUT2D eigenvalue weighted by molar-refractivity contribution is 5.76. The van der Waals surface area contributed by atoms with Gasteiger partial charge in [-0.3, -0.25) is 9.59 Å². The van der Waals surface area contributed by atoms with Gasteiger partial charge in [0.1, 0.15) is 18.1 Å². The summed E-state index contributed by atoms with van der Waals surface area (Å²) >= 11 is 0. The van der Waals surface area contributed by atoms with Crippen molar-refractivity contribution in [3.05, 3.63) is 64.1 Å².